The molecule has 0 bridgehead atoms. The number of carbonyl (C=O) groups is 1. The monoisotopic (exact) mass is 344 g/mol. The van der Waals surface area contributed by atoms with Crippen molar-refractivity contribution in [1.82, 2.24) is 20.1 Å². The van der Waals surface area contributed by atoms with Gasteiger partial charge in [-0.2, -0.15) is 0 Å². The van der Waals surface area contributed by atoms with E-state index in [9.17, 15) is 4.79 Å². The summed E-state index contributed by atoms with van der Waals surface area (Å²) in [6.07, 6.45) is 2.57. The minimum absolute atomic E-state index is 0.0716. The molecule has 1 amide bonds. The van der Waals surface area contributed by atoms with Crippen LogP contribution >= 0.6 is 11.6 Å². The molecule has 7 heteroatoms. The molecule has 0 aliphatic rings. The predicted octanol–water partition coefficient (Wildman–Crippen LogP) is 2.86. The third-order valence-corrected chi connectivity index (χ3v) is 3.79. The van der Waals surface area contributed by atoms with Gasteiger partial charge in [-0.1, -0.05) is 23.7 Å². The van der Waals surface area contributed by atoms with Gasteiger partial charge in [-0.25, -0.2) is 0 Å². The van der Waals surface area contributed by atoms with E-state index in [1.807, 2.05) is 42.6 Å². The van der Waals surface area contributed by atoms with E-state index in [2.05, 4.69) is 15.5 Å². The molecule has 0 saturated heterocycles. The molecule has 0 unspecified atom stereocenters. The Labute approximate surface area is 144 Å². The SMILES string of the molecule is Cc1nnc(-c2cccn2CC(=O)NCCc2ccc(Cl)cc2)o1. The first-order chi connectivity index (χ1) is 11.6. The molecule has 24 heavy (non-hydrogen) atoms. The number of rotatable bonds is 6. The Bertz CT molecular complexity index is 823. The smallest absolute Gasteiger partial charge is 0.264 e. The summed E-state index contributed by atoms with van der Waals surface area (Å²) in [6, 6.07) is 11.3. The largest absolute Gasteiger partial charge is 0.420 e. The number of halogens is 1. The molecule has 0 aliphatic heterocycles. The number of nitrogens with one attached hydrogen (secondary N) is 1. The van der Waals surface area contributed by atoms with E-state index in [-0.39, 0.29) is 12.5 Å². The second kappa shape index (κ2) is 7.31. The molecule has 0 fully saturated rings. The van der Waals surface area contributed by atoms with Gasteiger partial charge in [0.05, 0.1) is 0 Å². The van der Waals surface area contributed by atoms with Crippen LogP contribution in [0, 0.1) is 6.92 Å². The molecule has 1 aromatic carbocycles. The van der Waals surface area contributed by atoms with Crippen LogP contribution in [-0.4, -0.2) is 27.2 Å². The number of benzene rings is 1. The minimum Gasteiger partial charge on any atom is -0.420 e. The maximum absolute atomic E-state index is 12.1. The highest BCUT2D eigenvalue weighted by atomic mass is 35.5. The molecule has 6 nitrogen and oxygen atoms in total. The summed E-state index contributed by atoms with van der Waals surface area (Å²) in [5.41, 5.74) is 1.85. The highest BCUT2D eigenvalue weighted by molar-refractivity contribution is 6.30. The number of nitrogens with zero attached hydrogens (tertiary/aromatic N) is 3. The van der Waals surface area contributed by atoms with Crippen LogP contribution in [0.3, 0.4) is 0 Å². The fourth-order valence-electron chi connectivity index (χ4n) is 2.35. The van der Waals surface area contributed by atoms with Crippen molar-refractivity contribution in [2.75, 3.05) is 6.54 Å². The van der Waals surface area contributed by atoms with Crippen LogP contribution < -0.4 is 5.32 Å². The van der Waals surface area contributed by atoms with Gasteiger partial charge in [-0.05, 0) is 36.2 Å². The third-order valence-electron chi connectivity index (χ3n) is 3.54. The van der Waals surface area contributed by atoms with Crippen molar-refractivity contribution in [1.29, 1.82) is 0 Å². The number of hydrogen-bond acceptors (Lipinski definition) is 4. The Morgan fingerprint density at radius 2 is 2.04 bits per heavy atom. The Balaban J connectivity index is 1.54. The molecule has 2 aromatic heterocycles. The molecule has 0 saturated carbocycles. The molecule has 3 aromatic rings. The quantitative estimate of drug-likeness (QED) is 0.746. The van der Waals surface area contributed by atoms with Gasteiger partial charge < -0.3 is 14.3 Å². The highest BCUT2D eigenvalue weighted by Crippen LogP contribution is 2.18. The van der Waals surface area contributed by atoms with Crippen molar-refractivity contribution in [2.24, 2.45) is 0 Å². The minimum atomic E-state index is -0.0716. The normalized spacial score (nSPS) is 10.8. The Morgan fingerprint density at radius 1 is 1.25 bits per heavy atom. The molecule has 0 atom stereocenters. The maximum atomic E-state index is 12.1. The summed E-state index contributed by atoms with van der Waals surface area (Å²) in [5.74, 6) is 0.828. The third kappa shape index (κ3) is 4.02. The van der Waals surface area contributed by atoms with Gasteiger partial charge in [0.25, 0.3) is 5.89 Å². The fraction of sp³-hybridized carbons (Fsp3) is 0.235. The van der Waals surface area contributed by atoms with Crippen LogP contribution in [0.15, 0.2) is 47.0 Å². The van der Waals surface area contributed by atoms with Crippen molar-refractivity contribution in [3.05, 3.63) is 59.1 Å². The van der Waals surface area contributed by atoms with E-state index in [1.165, 1.54) is 0 Å². The maximum Gasteiger partial charge on any atom is 0.264 e. The van der Waals surface area contributed by atoms with Gasteiger partial charge in [-0.3, -0.25) is 4.79 Å². The van der Waals surface area contributed by atoms with Crippen molar-refractivity contribution in [3.63, 3.8) is 0 Å². The van der Waals surface area contributed by atoms with Crippen LogP contribution in [-0.2, 0) is 17.8 Å². The number of hydrogen-bond donors (Lipinski definition) is 1. The second-order valence-corrected chi connectivity index (χ2v) is 5.81. The van der Waals surface area contributed by atoms with Crippen LogP contribution in [0.25, 0.3) is 11.6 Å². The van der Waals surface area contributed by atoms with Gasteiger partial charge in [0.15, 0.2) is 0 Å². The zero-order valence-corrected chi connectivity index (χ0v) is 14.0. The lowest BCUT2D eigenvalue weighted by molar-refractivity contribution is -0.121. The second-order valence-electron chi connectivity index (χ2n) is 5.37. The first kappa shape index (κ1) is 16.3. The van der Waals surface area contributed by atoms with E-state index < -0.39 is 0 Å². The summed E-state index contributed by atoms with van der Waals surface area (Å²) >= 11 is 5.85. The topological polar surface area (TPSA) is 73.0 Å². The molecule has 0 radical (unpaired) electrons. The Kier molecular flexibility index (Phi) is 4.96. The van der Waals surface area contributed by atoms with Crippen LogP contribution in [0.4, 0.5) is 0 Å². The summed E-state index contributed by atoms with van der Waals surface area (Å²) in [4.78, 5) is 12.1. The van der Waals surface area contributed by atoms with E-state index in [1.54, 1.807) is 11.5 Å². The summed E-state index contributed by atoms with van der Waals surface area (Å²) < 4.78 is 7.20. The van der Waals surface area contributed by atoms with Crippen LogP contribution in [0.2, 0.25) is 5.02 Å². The van der Waals surface area contributed by atoms with E-state index in [0.29, 0.717) is 23.3 Å². The summed E-state index contributed by atoms with van der Waals surface area (Å²) in [6.45, 7) is 2.49. The molecule has 124 valence electrons. The van der Waals surface area contributed by atoms with Crippen molar-refractivity contribution >= 4 is 17.5 Å². The molecular formula is C17H17ClN4O2. The van der Waals surface area contributed by atoms with Crippen LogP contribution in [0.1, 0.15) is 11.5 Å². The predicted molar refractivity (Wildman–Crippen MR) is 90.6 cm³/mol. The number of amides is 1. The standard InChI is InChI=1S/C17H17ClN4O2/c1-12-20-21-17(24-12)15-3-2-10-22(15)11-16(23)19-9-8-13-4-6-14(18)7-5-13/h2-7,10H,8-9,11H2,1H3,(H,19,23). The first-order valence-electron chi connectivity index (χ1n) is 7.58. The number of aromatic nitrogens is 3. The molecule has 0 aliphatic carbocycles. The zero-order chi connectivity index (χ0) is 16.9. The molecule has 1 N–H and O–H groups in total. The fourth-order valence-corrected chi connectivity index (χ4v) is 2.48. The zero-order valence-electron chi connectivity index (χ0n) is 13.2. The molecule has 0 spiro atoms. The van der Waals surface area contributed by atoms with E-state index in [0.717, 1.165) is 17.7 Å². The lowest BCUT2D eigenvalue weighted by Crippen LogP contribution is -2.29. The lowest BCUT2D eigenvalue weighted by atomic mass is 10.1. The van der Waals surface area contributed by atoms with Crippen LogP contribution in [0.5, 0.6) is 0 Å². The van der Waals surface area contributed by atoms with Crippen molar-refractivity contribution in [3.8, 4) is 11.6 Å². The number of carbonyl (C=O) groups excluding carboxylic acids is 1. The number of aryl methyl sites for hydroxylation is 1. The van der Waals surface area contributed by atoms with Gasteiger partial charge >= 0.3 is 0 Å². The van der Waals surface area contributed by atoms with Gasteiger partial charge in [0.2, 0.25) is 11.8 Å². The molecular weight excluding hydrogens is 328 g/mol. The van der Waals surface area contributed by atoms with Gasteiger partial charge in [0, 0.05) is 24.7 Å². The summed E-state index contributed by atoms with van der Waals surface area (Å²) in [5, 5.41) is 11.4. The van der Waals surface area contributed by atoms with Gasteiger partial charge in [-0.15, -0.1) is 10.2 Å². The Morgan fingerprint density at radius 3 is 2.75 bits per heavy atom. The van der Waals surface area contributed by atoms with Gasteiger partial charge in [0.1, 0.15) is 12.2 Å². The average molecular weight is 345 g/mol. The van der Waals surface area contributed by atoms with Crippen molar-refractivity contribution in [2.45, 2.75) is 19.9 Å². The highest BCUT2D eigenvalue weighted by Gasteiger charge is 2.12. The molecule has 3 rings (SSSR count). The Hall–Kier alpha value is -2.60. The van der Waals surface area contributed by atoms with E-state index >= 15 is 0 Å². The van der Waals surface area contributed by atoms with Crippen molar-refractivity contribution < 1.29 is 9.21 Å². The molecule has 2 heterocycles. The first-order valence-corrected chi connectivity index (χ1v) is 7.96. The lowest BCUT2D eigenvalue weighted by Gasteiger charge is -2.08. The average Bonchev–Trinajstić information content (AvgIpc) is 3.18. The summed E-state index contributed by atoms with van der Waals surface area (Å²) in [7, 11) is 0. The van der Waals surface area contributed by atoms with E-state index in [4.69, 9.17) is 16.0 Å².